The van der Waals surface area contributed by atoms with Crippen molar-refractivity contribution in [3.63, 3.8) is 0 Å². The van der Waals surface area contributed by atoms with Crippen LogP contribution in [0.15, 0.2) is 33.5 Å². The fourth-order valence-corrected chi connectivity index (χ4v) is 2.78. The van der Waals surface area contributed by atoms with E-state index in [1.54, 1.807) is 0 Å². The Morgan fingerprint density at radius 2 is 2.26 bits per heavy atom. The van der Waals surface area contributed by atoms with Crippen LogP contribution in [0.1, 0.15) is 5.69 Å². The molecule has 1 aromatic carbocycles. The molecular weight excluding hydrogens is 308 g/mol. The lowest BCUT2D eigenvalue weighted by atomic mass is 10.1. The third kappa shape index (κ3) is 2.06. The summed E-state index contributed by atoms with van der Waals surface area (Å²) >= 11 is 3.63. The van der Waals surface area contributed by atoms with Crippen LogP contribution in [0.5, 0.6) is 0 Å². The van der Waals surface area contributed by atoms with Crippen LogP contribution in [0.25, 0.3) is 22.4 Å². The Balaban J connectivity index is 2.12. The van der Waals surface area contributed by atoms with Crippen LogP contribution >= 0.6 is 15.9 Å². The van der Waals surface area contributed by atoms with Crippen LogP contribution in [0.2, 0.25) is 0 Å². The van der Waals surface area contributed by atoms with Gasteiger partial charge in [-0.1, -0.05) is 6.07 Å². The van der Waals surface area contributed by atoms with Gasteiger partial charge in [-0.15, -0.1) is 0 Å². The molecule has 2 aromatic heterocycles. The highest BCUT2D eigenvalue weighted by Gasteiger charge is 2.15. The first-order chi connectivity index (χ1) is 9.20. The van der Waals surface area contributed by atoms with Crippen LogP contribution in [0.4, 0.5) is 0 Å². The van der Waals surface area contributed by atoms with Gasteiger partial charge in [0.2, 0.25) is 0 Å². The first kappa shape index (κ1) is 12.4. The molecule has 0 aliphatic heterocycles. The van der Waals surface area contributed by atoms with Crippen molar-refractivity contribution in [3.8, 4) is 11.3 Å². The molecular formula is C13H13BrN4O. The molecule has 0 spiro atoms. The lowest BCUT2D eigenvalue weighted by Crippen LogP contribution is -2.10. The summed E-state index contributed by atoms with van der Waals surface area (Å²) in [6, 6.07) is 5.90. The number of nitrogens with zero attached hydrogens (tertiary/aromatic N) is 3. The normalized spacial score (nSPS) is 11.3. The fourth-order valence-electron chi connectivity index (χ4n) is 2.08. The number of rotatable bonds is 3. The highest BCUT2D eigenvalue weighted by atomic mass is 79.9. The van der Waals surface area contributed by atoms with Crippen molar-refractivity contribution in [1.29, 1.82) is 0 Å². The lowest BCUT2D eigenvalue weighted by molar-refractivity contribution is 0.602. The average Bonchev–Trinajstić information content (AvgIpc) is 2.97. The molecule has 0 fully saturated rings. The van der Waals surface area contributed by atoms with E-state index in [4.69, 9.17) is 4.42 Å². The standard InChI is InChI=1S/C13H13BrN4O/c1-15-6-10-12(14)13(17-18(10)2)8-3-4-9-11(5-8)19-7-16-9/h3-5,7,15H,6H2,1-2H3. The topological polar surface area (TPSA) is 55.9 Å². The maximum absolute atomic E-state index is 5.33. The van der Waals surface area contributed by atoms with E-state index in [2.05, 4.69) is 31.3 Å². The smallest absolute Gasteiger partial charge is 0.181 e. The second kappa shape index (κ2) is 4.79. The summed E-state index contributed by atoms with van der Waals surface area (Å²) < 4.78 is 8.21. The van der Waals surface area contributed by atoms with Gasteiger partial charge in [0.15, 0.2) is 12.0 Å². The van der Waals surface area contributed by atoms with E-state index in [1.165, 1.54) is 6.39 Å². The van der Waals surface area contributed by atoms with Gasteiger partial charge in [0.1, 0.15) is 11.2 Å². The third-order valence-corrected chi connectivity index (χ3v) is 3.88. The Hall–Kier alpha value is -1.66. The molecule has 6 heteroatoms. The minimum Gasteiger partial charge on any atom is -0.443 e. The number of benzene rings is 1. The Morgan fingerprint density at radius 1 is 1.42 bits per heavy atom. The van der Waals surface area contributed by atoms with Crippen molar-refractivity contribution >= 4 is 27.0 Å². The van der Waals surface area contributed by atoms with Crippen LogP contribution < -0.4 is 5.32 Å². The summed E-state index contributed by atoms with van der Waals surface area (Å²) in [5.74, 6) is 0. The predicted molar refractivity (Wildman–Crippen MR) is 76.7 cm³/mol. The number of aryl methyl sites for hydroxylation is 1. The molecule has 3 rings (SSSR count). The van der Waals surface area contributed by atoms with Gasteiger partial charge in [0.25, 0.3) is 0 Å². The molecule has 0 amide bonds. The lowest BCUT2D eigenvalue weighted by Gasteiger charge is -2.00. The molecule has 0 bridgehead atoms. The van der Waals surface area contributed by atoms with E-state index in [-0.39, 0.29) is 0 Å². The van der Waals surface area contributed by atoms with Gasteiger partial charge in [-0.2, -0.15) is 5.10 Å². The molecule has 0 aliphatic carbocycles. The zero-order valence-corrected chi connectivity index (χ0v) is 12.2. The molecule has 5 nitrogen and oxygen atoms in total. The first-order valence-corrected chi connectivity index (χ1v) is 6.69. The van der Waals surface area contributed by atoms with E-state index >= 15 is 0 Å². The van der Waals surface area contributed by atoms with Crippen LogP contribution in [-0.2, 0) is 13.6 Å². The number of hydrogen-bond donors (Lipinski definition) is 1. The molecule has 19 heavy (non-hydrogen) atoms. The third-order valence-electron chi connectivity index (χ3n) is 3.05. The first-order valence-electron chi connectivity index (χ1n) is 5.90. The molecule has 1 N–H and O–H groups in total. The maximum atomic E-state index is 5.33. The van der Waals surface area contributed by atoms with E-state index in [1.807, 2.05) is 37.0 Å². The van der Waals surface area contributed by atoms with Crippen LogP contribution in [0, 0.1) is 0 Å². The van der Waals surface area contributed by atoms with Crippen LogP contribution in [0.3, 0.4) is 0 Å². The molecule has 0 saturated heterocycles. The highest BCUT2D eigenvalue weighted by molar-refractivity contribution is 9.10. The second-order valence-electron chi connectivity index (χ2n) is 4.30. The Morgan fingerprint density at radius 3 is 3.05 bits per heavy atom. The van der Waals surface area contributed by atoms with Gasteiger partial charge in [0, 0.05) is 19.2 Å². The van der Waals surface area contributed by atoms with E-state index in [0.717, 1.165) is 39.1 Å². The van der Waals surface area contributed by atoms with E-state index in [9.17, 15) is 0 Å². The summed E-state index contributed by atoms with van der Waals surface area (Å²) in [6.07, 6.45) is 1.45. The van der Waals surface area contributed by atoms with Gasteiger partial charge in [-0.05, 0) is 35.1 Å². The Kier molecular flexibility index (Phi) is 3.12. The number of nitrogens with one attached hydrogen (secondary N) is 1. The number of halogens is 1. The molecule has 3 aromatic rings. The Labute approximate surface area is 118 Å². The summed E-state index contributed by atoms with van der Waals surface area (Å²) in [4.78, 5) is 4.11. The molecule has 0 unspecified atom stereocenters. The average molecular weight is 321 g/mol. The van der Waals surface area contributed by atoms with Crippen LogP contribution in [-0.4, -0.2) is 21.8 Å². The summed E-state index contributed by atoms with van der Waals surface area (Å²) in [5, 5.41) is 7.69. The van der Waals surface area contributed by atoms with E-state index in [0.29, 0.717) is 0 Å². The van der Waals surface area contributed by atoms with Crippen molar-refractivity contribution in [2.75, 3.05) is 7.05 Å². The van der Waals surface area contributed by atoms with E-state index < -0.39 is 0 Å². The summed E-state index contributed by atoms with van der Waals surface area (Å²) in [5.41, 5.74) is 4.65. The van der Waals surface area contributed by atoms with Crippen molar-refractivity contribution < 1.29 is 4.42 Å². The van der Waals surface area contributed by atoms with Gasteiger partial charge >= 0.3 is 0 Å². The summed E-state index contributed by atoms with van der Waals surface area (Å²) in [7, 11) is 3.85. The van der Waals surface area contributed by atoms with Gasteiger partial charge in [-0.25, -0.2) is 4.98 Å². The zero-order chi connectivity index (χ0) is 13.4. The van der Waals surface area contributed by atoms with Gasteiger partial charge in [-0.3, -0.25) is 4.68 Å². The minimum atomic E-state index is 0.759. The monoisotopic (exact) mass is 320 g/mol. The molecule has 0 atom stereocenters. The number of aromatic nitrogens is 3. The zero-order valence-electron chi connectivity index (χ0n) is 10.6. The fraction of sp³-hybridized carbons (Fsp3) is 0.231. The number of fused-ring (bicyclic) bond motifs is 1. The minimum absolute atomic E-state index is 0.759. The number of hydrogen-bond acceptors (Lipinski definition) is 4. The molecule has 0 saturated carbocycles. The predicted octanol–water partition coefficient (Wildman–Crippen LogP) is 2.71. The number of oxazole rings is 1. The molecule has 2 heterocycles. The molecule has 98 valence electrons. The Bertz CT molecular complexity index is 731. The summed E-state index contributed by atoms with van der Waals surface area (Å²) in [6.45, 7) is 0.759. The van der Waals surface area contributed by atoms with Gasteiger partial charge in [0.05, 0.1) is 10.2 Å². The molecule has 0 radical (unpaired) electrons. The second-order valence-corrected chi connectivity index (χ2v) is 5.09. The highest BCUT2D eigenvalue weighted by Crippen LogP contribution is 2.31. The largest absolute Gasteiger partial charge is 0.443 e. The maximum Gasteiger partial charge on any atom is 0.181 e. The molecule has 0 aliphatic rings. The van der Waals surface area contributed by atoms with Crippen molar-refractivity contribution in [2.45, 2.75) is 6.54 Å². The van der Waals surface area contributed by atoms with Crippen molar-refractivity contribution in [2.24, 2.45) is 7.05 Å². The van der Waals surface area contributed by atoms with Gasteiger partial charge < -0.3 is 9.73 Å². The van der Waals surface area contributed by atoms with Crippen molar-refractivity contribution in [3.05, 3.63) is 34.8 Å². The quantitative estimate of drug-likeness (QED) is 0.806. The SMILES string of the molecule is CNCc1c(Br)c(-c2ccc3ncoc3c2)nn1C. The van der Waals surface area contributed by atoms with Crippen molar-refractivity contribution in [1.82, 2.24) is 20.1 Å².